The summed E-state index contributed by atoms with van der Waals surface area (Å²) in [5.74, 6) is 0. The zero-order valence-electron chi connectivity index (χ0n) is 11.4. The summed E-state index contributed by atoms with van der Waals surface area (Å²) in [6, 6.07) is 7.63. The molecule has 0 spiro atoms. The third-order valence-corrected chi connectivity index (χ3v) is 3.45. The predicted octanol–water partition coefficient (Wildman–Crippen LogP) is 2.07. The average Bonchev–Trinajstić information content (AvgIpc) is 2.54. The number of nitrogens with one attached hydrogen (secondary N) is 2. The third kappa shape index (κ3) is 4.44. The topological polar surface area (TPSA) is 70.4 Å². The molecule has 0 bridgehead atoms. The summed E-state index contributed by atoms with van der Waals surface area (Å²) in [5.41, 5.74) is 6.87. The number of primary amides is 1. The van der Waals surface area contributed by atoms with Crippen molar-refractivity contribution in [1.29, 1.82) is 0 Å². The second kappa shape index (κ2) is 6.43. The SMILES string of the molecule is CN1CCCC(Nc2cccc(NC(N)=O)c2)CC1. The largest absolute Gasteiger partial charge is 0.382 e. The number of benzene rings is 1. The monoisotopic (exact) mass is 262 g/mol. The number of nitrogens with two attached hydrogens (primary N) is 1. The number of likely N-dealkylation sites (tertiary alicyclic amines) is 1. The molecule has 1 aliphatic heterocycles. The highest BCUT2D eigenvalue weighted by Crippen LogP contribution is 2.19. The van der Waals surface area contributed by atoms with E-state index in [-0.39, 0.29) is 0 Å². The van der Waals surface area contributed by atoms with Crippen molar-refractivity contribution in [3.05, 3.63) is 24.3 Å². The molecular formula is C14H22N4O. The maximum atomic E-state index is 10.8. The van der Waals surface area contributed by atoms with Crippen LogP contribution in [0.1, 0.15) is 19.3 Å². The molecule has 1 atom stereocenters. The van der Waals surface area contributed by atoms with Crippen molar-refractivity contribution in [3.8, 4) is 0 Å². The van der Waals surface area contributed by atoms with Crippen molar-refractivity contribution >= 4 is 17.4 Å². The van der Waals surface area contributed by atoms with Crippen LogP contribution in [-0.2, 0) is 0 Å². The number of hydrogen-bond donors (Lipinski definition) is 3. The van der Waals surface area contributed by atoms with Crippen molar-refractivity contribution in [2.45, 2.75) is 25.3 Å². The molecule has 1 unspecified atom stereocenters. The molecule has 1 aromatic rings. The fourth-order valence-electron chi connectivity index (χ4n) is 2.45. The van der Waals surface area contributed by atoms with E-state index < -0.39 is 6.03 Å². The van der Waals surface area contributed by atoms with Crippen molar-refractivity contribution in [1.82, 2.24) is 4.90 Å². The summed E-state index contributed by atoms with van der Waals surface area (Å²) >= 11 is 0. The number of amides is 2. The molecule has 2 amide bonds. The molecule has 1 fully saturated rings. The van der Waals surface area contributed by atoms with Gasteiger partial charge in [-0.1, -0.05) is 6.07 Å². The van der Waals surface area contributed by atoms with E-state index in [1.807, 2.05) is 24.3 Å². The quantitative estimate of drug-likeness (QED) is 0.781. The van der Waals surface area contributed by atoms with Crippen molar-refractivity contribution in [2.24, 2.45) is 5.73 Å². The Morgan fingerprint density at radius 3 is 2.89 bits per heavy atom. The molecule has 4 N–H and O–H groups in total. The molecule has 19 heavy (non-hydrogen) atoms. The lowest BCUT2D eigenvalue weighted by Gasteiger charge is -2.18. The van der Waals surface area contributed by atoms with Gasteiger partial charge in [-0.05, 0) is 57.6 Å². The zero-order valence-corrected chi connectivity index (χ0v) is 11.4. The molecule has 0 aliphatic carbocycles. The van der Waals surface area contributed by atoms with Gasteiger partial charge in [-0.15, -0.1) is 0 Å². The minimum absolute atomic E-state index is 0.494. The first-order chi connectivity index (χ1) is 9.13. The summed E-state index contributed by atoms with van der Waals surface area (Å²) in [4.78, 5) is 13.2. The summed E-state index contributed by atoms with van der Waals surface area (Å²) in [5, 5.41) is 6.13. The fourth-order valence-corrected chi connectivity index (χ4v) is 2.45. The Labute approximate surface area is 114 Å². The minimum atomic E-state index is -0.534. The Kier molecular flexibility index (Phi) is 4.63. The van der Waals surface area contributed by atoms with Crippen LogP contribution >= 0.6 is 0 Å². The van der Waals surface area contributed by atoms with Crippen LogP contribution in [0.25, 0.3) is 0 Å². The highest BCUT2D eigenvalue weighted by molar-refractivity contribution is 5.88. The van der Waals surface area contributed by atoms with E-state index in [1.165, 1.54) is 19.4 Å². The molecular weight excluding hydrogens is 240 g/mol. The minimum Gasteiger partial charge on any atom is -0.382 e. The van der Waals surface area contributed by atoms with Gasteiger partial charge >= 0.3 is 6.03 Å². The molecule has 0 saturated carbocycles. The van der Waals surface area contributed by atoms with Gasteiger partial charge in [0.05, 0.1) is 0 Å². The van der Waals surface area contributed by atoms with Crippen LogP contribution in [0.3, 0.4) is 0 Å². The van der Waals surface area contributed by atoms with Gasteiger partial charge in [-0.25, -0.2) is 4.79 Å². The van der Waals surface area contributed by atoms with E-state index in [1.54, 1.807) is 0 Å². The fraction of sp³-hybridized carbons (Fsp3) is 0.500. The van der Waals surface area contributed by atoms with E-state index in [0.717, 1.165) is 24.3 Å². The maximum absolute atomic E-state index is 10.8. The summed E-state index contributed by atoms with van der Waals surface area (Å²) in [6.45, 7) is 2.29. The second-order valence-corrected chi connectivity index (χ2v) is 5.15. The number of carbonyl (C=O) groups excluding carboxylic acids is 1. The number of anilines is 2. The smallest absolute Gasteiger partial charge is 0.316 e. The summed E-state index contributed by atoms with van der Waals surface area (Å²) < 4.78 is 0. The van der Waals surface area contributed by atoms with Gasteiger partial charge in [0.15, 0.2) is 0 Å². The molecule has 5 heteroatoms. The Balaban J connectivity index is 1.96. The number of nitrogens with zero attached hydrogens (tertiary/aromatic N) is 1. The standard InChI is InChI=1S/C14H22N4O/c1-18-8-3-6-11(7-9-18)16-12-4-2-5-13(10-12)17-14(15)19/h2,4-5,10-11,16H,3,6-9H2,1H3,(H3,15,17,19). The Morgan fingerprint density at radius 1 is 1.32 bits per heavy atom. The number of carbonyl (C=O) groups is 1. The molecule has 0 aromatic heterocycles. The van der Waals surface area contributed by atoms with E-state index >= 15 is 0 Å². The first-order valence-corrected chi connectivity index (χ1v) is 6.75. The van der Waals surface area contributed by atoms with Crippen molar-refractivity contribution in [3.63, 3.8) is 0 Å². The highest BCUT2D eigenvalue weighted by Gasteiger charge is 2.14. The average molecular weight is 262 g/mol. The lowest BCUT2D eigenvalue weighted by Crippen LogP contribution is -2.23. The zero-order chi connectivity index (χ0) is 13.7. The molecule has 0 radical (unpaired) electrons. The van der Waals surface area contributed by atoms with Gasteiger partial charge in [-0.2, -0.15) is 0 Å². The molecule has 5 nitrogen and oxygen atoms in total. The second-order valence-electron chi connectivity index (χ2n) is 5.15. The van der Waals surface area contributed by atoms with E-state index in [4.69, 9.17) is 5.73 Å². The Hall–Kier alpha value is -1.75. The molecule has 2 rings (SSSR count). The van der Waals surface area contributed by atoms with Crippen molar-refractivity contribution < 1.29 is 4.79 Å². The lowest BCUT2D eigenvalue weighted by molar-refractivity contribution is 0.259. The van der Waals surface area contributed by atoms with Gasteiger partial charge in [0.1, 0.15) is 0 Å². The molecule has 1 aromatic carbocycles. The van der Waals surface area contributed by atoms with Gasteiger partial charge in [0.2, 0.25) is 0 Å². The predicted molar refractivity (Wildman–Crippen MR) is 78.4 cm³/mol. The normalized spacial score (nSPS) is 20.6. The highest BCUT2D eigenvalue weighted by atomic mass is 16.2. The van der Waals surface area contributed by atoms with Gasteiger partial charge in [0, 0.05) is 17.4 Å². The van der Waals surface area contributed by atoms with E-state index in [9.17, 15) is 4.79 Å². The Morgan fingerprint density at radius 2 is 2.11 bits per heavy atom. The number of rotatable bonds is 3. The number of hydrogen-bond acceptors (Lipinski definition) is 3. The summed E-state index contributed by atoms with van der Waals surface area (Å²) in [7, 11) is 2.17. The van der Waals surface area contributed by atoms with Crippen LogP contribution < -0.4 is 16.4 Å². The van der Waals surface area contributed by atoms with Crippen LogP contribution in [0.5, 0.6) is 0 Å². The first kappa shape index (κ1) is 13.7. The summed E-state index contributed by atoms with van der Waals surface area (Å²) in [6.07, 6.45) is 3.54. The van der Waals surface area contributed by atoms with Crippen LogP contribution in [0.2, 0.25) is 0 Å². The number of urea groups is 1. The van der Waals surface area contributed by atoms with Crippen LogP contribution in [-0.4, -0.2) is 37.1 Å². The maximum Gasteiger partial charge on any atom is 0.316 e. The van der Waals surface area contributed by atoms with Crippen LogP contribution in [0, 0.1) is 0 Å². The van der Waals surface area contributed by atoms with E-state index in [2.05, 4.69) is 22.6 Å². The van der Waals surface area contributed by atoms with Crippen molar-refractivity contribution in [2.75, 3.05) is 30.8 Å². The molecule has 104 valence electrons. The molecule has 1 aliphatic rings. The van der Waals surface area contributed by atoms with Gasteiger partial charge < -0.3 is 21.3 Å². The van der Waals surface area contributed by atoms with E-state index in [0.29, 0.717) is 6.04 Å². The molecule has 1 heterocycles. The third-order valence-electron chi connectivity index (χ3n) is 3.45. The first-order valence-electron chi connectivity index (χ1n) is 6.75. The Bertz CT molecular complexity index is 435. The lowest BCUT2D eigenvalue weighted by atomic mass is 10.1. The van der Waals surface area contributed by atoms with Gasteiger partial charge in [-0.3, -0.25) is 0 Å². The van der Waals surface area contributed by atoms with Crippen LogP contribution in [0.15, 0.2) is 24.3 Å². The van der Waals surface area contributed by atoms with Gasteiger partial charge in [0.25, 0.3) is 0 Å². The van der Waals surface area contributed by atoms with Crippen LogP contribution in [0.4, 0.5) is 16.2 Å². The molecule has 1 saturated heterocycles.